The van der Waals surface area contributed by atoms with E-state index < -0.39 is 0 Å². The van der Waals surface area contributed by atoms with Gasteiger partial charge < -0.3 is 10.6 Å². The van der Waals surface area contributed by atoms with Gasteiger partial charge in [0.2, 0.25) is 0 Å². The number of amides is 2. The minimum atomic E-state index is -0.194. The van der Waals surface area contributed by atoms with Crippen molar-refractivity contribution in [2.75, 3.05) is 11.9 Å². The molecule has 1 fully saturated rings. The van der Waals surface area contributed by atoms with E-state index in [0.29, 0.717) is 17.5 Å². The molecule has 3 rings (SSSR count). The van der Waals surface area contributed by atoms with Crippen molar-refractivity contribution in [1.82, 2.24) is 15.5 Å². The van der Waals surface area contributed by atoms with Crippen molar-refractivity contribution in [3.63, 3.8) is 0 Å². The monoisotopic (exact) mass is 318 g/mol. The minimum Gasteiger partial charge on any atom is -0.338 e. The maximum absolute atomic E-state index is 12.0. The zero-order chi connectivity index (χ0) is 15.5. The number of hydrogen-bond donors (Lipinski definition) is 3. The molecule has 1 aliphatic rings. The zero-order valence-electron chi connectivity index (χ0n) is 12.4. The smallest absolute Gasteiger partial charge is 0.319 e. The molecule has 0 atom stereocenters. The van der Waals surface area contributed by atoms with Gasteiger partial charge in [-0.15, -0.1) is 0 Å². The average molecular weight is 319 g/mol. The number of aromatic amines is 1. The lowest BCUT2D eigenvalue weighted by atomic mass is 10.1. The van der Waals surface area contributed by atoms with E-state index in [0.717, 1.165) is 41.9 Å². The molecular weight excluding hydrogens is 300 g/mol. The highest BCUT2D eigenvalue weighted by Gasteiger charge is 2.30. The molecule has 22 heavy (non-hydrogen) atoms. The van der Waals surface area contributed by atoms with Crippen LogP contribution < -0.4 is 10.6 Å². The molecule has 1 heterocycles. The molecule has 1 aromatic carbocycles. The Bertz CT molecular complexity index is 661. The van der Waals surface area contributed by atoms with Gasteiger partial charge in [0.05, 0.1) is 11.4 Å². The van der Waals surface area contributed by atoms with E-state index in [1.807, 2.05) is 31.2 Å². The number of carbonyl (C=O) groups excluding carboxylic acids is 1. The highest BCUT2D eigenvalue weighted by molar-refractivity contribution is 6.30. The summed E-state index contributed by atoms with van der Waals surface area (Å²) in [6.07, 6.45) is 3.17. The molecular formula is C16H19ClN4O. The fourth-order valence-corrected chi connectivity index (χ4v) is 2.49. The summed E-state index contributed by atoms with van der Waals surface area (Å²) >= 11 is 5.94. The van der Waals surface area contributed by atoms with Crippen molar-refractivity contribution >= 4 is 23.3 Å². The summed E-state index contributed by atoms with van der Waals surface area (Å²) in [5.74, 6) is 0.468. The van der Waals surface area contributed by atoms with Gasteiger partial charge in [-0.1, -0.05) is 30.7 Å². The average Bonchev–Trinajstić information content (AvgIpc) is 3.28. The Kier molecular flexibility index (Phi) is 4.34. The molecule has 2 amide bonds. The first-order valence-corrected chi connectivity index (χ1v) is 7.96. The van der Waals surface area contributed by atoms with Crippen LogP contribution in [0.5, 0.6) is 0 Å². The number of nitrogens with zero attached hydrogens (tertiary/aromatic N) is 1. The van der Waals surface area contributed by atoms with E-state index >= 15 is 0 Å². The SMILES string of the molecule is CCCNC(=O)Nc1c(-c2ccc(Cl)cc2)n[nH]c1C1CC1. The van der Waals surface area contributed by atoms with Gasteiger partial charge >= 0.3 is 6.03 Å². The van der Waals surface area contributed by atoms with Crippen LogP contribution in [0.25, 0.3) is 11.3 Å². The molecule has 5 nitrogen and oxygen atoms in total. The minimum absolute atomic E-state index is 0.194. The van der Waals surface area contributed by atoms with E-state index in [9.17, 15) is 4.79 Å². The first kappa shape index (κ1) is 14.9. The van der Waals surface area contributed by atoms with Crippen molar-refractivity contribution < 1.29 is 4.79 Å². The second-order valence-electron chi connectivity index (χ2n) is 5.52. The maximum atomic E-state index is 12.0. The molecule has 1 aliphatic carbocycles. The Morgan fingerprint density at radius 1 is 1.36 bits per heavy atom. The second-order valence-corrected chi connectivity index (χ2v) is 5.96. The van der Waals surface area contributed by atoms with Crippen molar-refractivity contribution in [3.8, 4) is 11.3 Å². The summed E-state index contributed by atoms with van der Waals surface area (Å²) < 4.78 is 0. The van der Waals surface area contributed by atoms with Gasteiger partial charge in [0.15, 0.2) is 0 Å². The summed E-state index contributed by atoms with van der Waals surface area (Å²) in [7, 11) is 0. The van der Waals surface area contributed by atoms with Gasteiger partial charge in [-0.3, -0.25) is 5.10 Å². The lowest BCUT2D eigenvalue weighted by molar-refractivity contribution is 0.252. The van der Waals surface area contributed by atoms with Gasteiger partial charge in [0.1, 0.15) is 5.69 Å². The van der Waals surface area contributed by atoms with Crippen LogP contribution in [0.3, 0.4) is 0 Å². The van der Waals surface area contributed by atoms with E-state index in [4.69, 9.17) is 11.6 Å². The molecule has 0 aliphatic heterocycles. The number of halogens is 1. The Morgan fingerprint density at radius 2 is 2.09 bits per heavy atom. The van der Waals surface area contributed by atoms with Gasteiger partial charge in [-0.05, 0) is 31.4 Å². The number of benzene rings is 1. The number of rotatable bonds is 5. The van der Waals surface area contributed by atoms with Crippen LogP contribution in [-0.2, 0) is 0 Å². The molecule has 3 N–H and O–H groups in total. The summed E-state index contributed by atoms with van der Waals surface area (Å²) in [6.45, 7) is 2.67. The molecule has 1 aromatic heterocycles. The number of aromatic nitrogens is 2. The van der Waals surface area contributed by atoms with Crippen LogP contribution in [0.4, 0.5) is 10.5 Å². The normalized spacial score (nSPS) is 13.9. The molecule has 0 spiro atoms. The van der Waals surface area contributed by atoms with E-state index in [1.54, 1.807) is 0 Å². The van der Waals surface area contributed by atoms with E-state index in [2.05, 4.69) is 20.8 Å². The number of nitrogens with one attached hydrogen (secondary N) is 3. The maximum Gasteiger partial charge on any atom is 0.319 e. The van der Waals surface area contributed by atoms with Crippen molar-refractivity contribution in [1.29, 1.82) is 0 Å². The summed E-state index contributed by atoms with van der Waals surface area (Å²) in [4.78, 5) is 12.0. The lowest BCUT2D eigenvalue weighted by Gasteiger charge is -2.09. The van der Waals surface area contributed by atoms with Crippen LogP contribution in [0, 0.1) is 0 Å². The van der Waals surface area contributed by atoms with Crippen LogP contribution in [0.15, 0.2) is 24.3 Å². The third kappa shape index (κ3) is 3.25. The van der Waals surface area contributed by atoms with Crippen molar-refractivity contribution in [2.24, 2.45) is 0 Å². The van der Waals surface area contributed by atoms with E-state index in [1.165, 1.54) is 0 Å². The highest BCUT2D eigenvalue weighted by atomic mass is 35.5. The van der Waals surface area contributed by atoms with Crippen molar-refractivity contribution in [2.45, 2.75) is 32.1 Å². The standard InChI is InChI=1S/C16H19ClN4O/c1-2-9-18-16(22)19-15-13(10-3-4-10)20-21-14(15)11-5-7-12(17)8-6-11/h5-8,10H,2-4,9H2,1H3,(H,20,21)(H2,18,19,22). The van der Waals surface area contributed by atoms with Gasteiger partial charge in [0.25, 0.3) is 0 Å². The molecule has 2 aromatic rings. The van der Waals surface area contributed by atoms with Gasteiger partial charge in [-0.2, -0.15) is 5.10 Å². The largest absolute Gasteiger partial charge is 0.338 e. The van der Waals surface area contributed by atoms with Crippen LogP contribution in [0.2, 0.25) is 5.02 Å². The summed E-state index contributed by atoms with van der Waals surface area (Å²) in [6, 6.07) is 7.27. The molecule has 0 unspecified atom stereocenters. The first-order chi connectivity index (χ1) is 10.7. The number of carbonyl (C=O) groups is 1. The molecule has 0 radical (unpaired) electrons. The predicted octanol–water partition coefficient (Wildman–Crippen LogP) is 4.14. The Labute approximate surface area is 134 Å². The van der Waals surface area contributed by atoms with Crippen LogP contribution in [-0.4, -0.2) is 22.8 Å². The lowest BCUT2D eigenvalue weighted by Crippen LogP contribution is -2.29. The molecule has 6 heteroatoms. The Morgan fingerprint density at radius 3 is 2.73 bits per heavy atom. The fraction of sp³-hybridized carbons (Fsp3) is 0.375. The van der Waals surface area contributed by atoms with Crippen molar-refractivity contribution in [3.05, 3.63) is 35.0 Å². The summed E-state index contributed by atoms with van der Waals surface area (Å²) in [5.41, 5.74) is 3.47. The topological polar surface area (TPSA) is 69.8 Å². The number of urea groups is 1. The Hall–Kier alpha value is -2.01. The molecule has 0 bridgehead atoms. The molecule has 0 saturated heterocycles. The molecule has 1 saturated carbocycles. The summed E-state index contributed by atoms with van der Waals surface area (Å²) in [5, 5.41) is 13.9. The van der Waals surface area contributed by atoms with Gasteiger partial charge in [-0.25, -0.2) is 4.79 Å². The van der Waals surface area contributed by atoms with Gasteiger partial charge in [0, 0.05) is 23.0 Å². The first-order valence-electron chi connectivity index (χ1n) is 7.58. The third-order valence-corrected chi connectivity index (χ3v) is 3.92. The second kappa shape index (κ2) is 6.40. The predicted molar refractivity (Wildman–Crippen MR) is 88.3 cm³/mol. The number of hydrogen-bond acceptors (Lipinski definition) is 2. The quantitative estimate of drug-likeness (QED) is 0.775. The van der Waals surface area contributed by atoms with Crippen LogP contribution in [0.1, 0.15) is 37.8 Å². The van der Waals surface area contributed by atoms with E-state index in [-0.39, 0.29) is 6.03 Å². The Balaban J connectivity index is 1.89. The zero-order valence-corrected chi connectivity index (χ0v) is 13.2. The fourth-order valence-electron chi connectivity index (χ4n) is 2.36. The number of H-pyrrole nitrogens is 1. The molecule has 116 valence electrons. The van der Waals surface area contributed by atoms with Crippen LogP contribution >= 0.6 is 11.6 Å². The highest BCUT2D eigenvalue weighted by Crippen LogP contribution is 2.45. The third-order valence-electron chi connectivity index (χ3n) is 3.67. The number of anilines is 1.